The first kappa shape index (κ1) is 14.5. The van der Waals surface area contributed by atoms with E-state index in [2.05, 4.69) is 25.7 Å². The van der Waals surface area contributed by atoms with Crippen LogP contribution in [-0.4, -0.2) is 18.1 Å². The predicted molar refractivity (Wildman–Crippen MR) is 62.3 cm³/mol. The van der Waals surface area contributed by atoms with Crippen molar-refractivity contribution in [3.8, 4) is 6.07 Å². The molecule has 0 bridgehead atoms. The van der Waals surface area contributed by atoms with Crippen molar-refractivity contribution < 1.29 is 18.3 Å². The lowest BCUT2D eigenvalue weighted by Crippen LogP contribution is -2.10. The number of rotatable bonds is 4. The highest BCUT2D eigenvalue weighted by atomic mass is 79.9. The second kappa shape index (κ2) is 6.40. The van der Waals surface area contributed by atoms with Gasteiger partial charge in [0.2, 0.25) is 0 Å². The van der Waals surface area contributed by atoms with Gasteiger partial charge in [-0.15, -0.1) is 0 Å². The van der Waals surface area contributed by atoms with E-state index in [-0.39, 0.29) is 28.6 Å². The lowest BCUT2D eigenvalue weighted by atomic mass is 10.0. The fraction of sp³-hybridized carbons (Fsp3) is 0.364. The van der Waals surface area contributed by atoms with E-state index < -0.39 is 18.0 Å². The molecule has 0 unspecified atom stereocenters. The highest BCUT2D eigenvalue weighted by molar-refractivity contribution is 9.08. The second-order valence-corrected chi connectivity index (χ2v) is 3.88. The lowest BCUT2D eigenvalue weighted by Gasteiger charge is -2.11. The molecule has 1 aromatic rings. The van der Waals surface area contributed by atoms with E-state index in [9.17, 15) is 13.6 Å². The van der Waals surface area contributed by atoms with Crippen LogP contribution in [0.15, 0.2) is 6.20 Å². The Morgan fingerprint density at radius 3 is 2.78 bits per heavy atom. The van der Waals surface area contributed by atoms with Gasteiger partial charge in [0, 0.05) is 17.1 Å². The Balaban J connectivity index is 3.36. The molecule has 0 aromatic carbocycles. The molecule has 0 radical (unpaired) electrons. The molecule has 4 nitrogen and oxygen atoms in total. The lowest BCUT2D eigenvalue weighted by molar-refractivity contribution is -0.139. The molecule has 1 heterocycles. The molecule has 0 aliphatic rings. The minimum Gasteiger partial charge on any atom is -0.469 e. The highest BCUT2D eigenvalue weighted by Gasteiger charge is 2.23. The molecule has 18 heavy (non-hydrogen) atoms. The van der Waals surface area contributed by atoms with E-state index in [4.69, 9.17) is 5.26 Å². The van der Waals surface area contributed by atoms with Crippen LogP contribution in [0.1, 0.15) is 28.8 Å². The molecule has 0 atom stereocenters. The van der Waals surface area contributed by atoms with E-state index in [1.54, 1.807) is 6.07 Å². The minimum atomic E-state index is -2.85. The fourth-order valence-corrected chi connectivity index (χ4v) is 1.87. The third kappa shape index (κ3) is 3.01. The molecule has 0 aliphatic heterocycles. The van der Waals surface area contributed by atoms with Gasteiger partial charge in [-0.2, -0.15) is 5.26 Å². The first-order valence-corrected chi connectivity index (χ1v) is 5.99. The quantitative estimate of drug-likeness (QED) is 0.632. The van der Waals surface area contributed by atoms with E-state index in [1.165, 1.54) is 6.20 Å². The molecule has 1 aromatic heterocycles. The Morgan fingerprint density at radius 2 is 2.33 bits per heavy atom. The van der Waals surface area contributed by atoms with Crippen LogP contribution in [0, 0.1) is 11.3 Å². The van der Waals surface area contributed by atoms with Crippen LogP contribution in [0.2, 0.25) is 0 Å². The first-order chi connectivity index (χ1) is 8.54. The summed E-state index contributed by atoms with van der Waals surface area (Å²) in [5, 5.41) is 9.12. The SMILES string of the molecule is COC(=O)Cc1cnc(CBr)c(C#N)c1C(F)F. The van der Waals surface area contributed by atoms with Crippen molar-refractivity contribution in [3.05, 3.63) is 28.6 Å². The summed E-state index contributed by atoms with van der Waals surface area (Å²) in [5.41, 5.74) is -0.407. The molecule has 96 valence electrons. The molecule has 0 amide bonds. The Bertz CT molecular complexity index is 501. The molecule has 0 N–H and O–H groups in total. The fourth-order valence-electron chi connectivity index (χ4n) is 1.45. The predicted octanol–water partition coefficient (Wildman–Crippen LogP) is 2.50. The Labute approximate surface area is 111 Å². The van der Waals surface area contributed by atoms with Gasteiger partial charge in [-0.05, 0) is 5.56 Å². The zero-order chi connectivity index (χ0) is 13.7. The summed E-state index contributed by atoms with van der Waals surface area (Å²) >= 11 is 3.07. The highest BCUT2D eigenvalue weighted by Crippen LogP contribution is 2.29. The summed E-state index contributed by atoms with van der Waals surface area (Å²) in [7, 11) is 1.16. The maximum atomic E-state index is 13.0. The van der Waals surface area contributed by atoms with Crippen LogP contribution in [0.25, 0.3) is 0 Å². The Kier molecular flexibility index (Phi) is 5.16. The summed E-state index contributed by atoms with van der Waals surface area (Å²) in [5.74, 6) is -0.658. The van der Waals surface area contributed by atoms with Gasteiger partial charge in [0.1, 0.15) is 6.07 Å². The number of carbonyl (C=O) groups is 1. The number of pyridine rings is 1. The smallest absolute Gasteiger partial charge is 0.310 e. The van der Waals surface area contributed by atoms with Crippen LogP contribution < -0.4 is 0 Å². The molecule has 7 heteroatoms. The normalized spacial score (nSPS) is 10.2. The Hall–Kier alpha value is -1.55. The number of hydrogen-bond acceptors (Lipinski definition) is 4. The van der Waals surface area contributed by atoms with Crippen molar-refractivity contribution >= 4 is 21.9 Å². The maximum absolute atomic E-state index is 13.0. The van der Waals surface area contributed by atoms with E-state index in [0.29, 0.717) is 0 Å². The third-order valence-corrected chi connectivity index (χ3v) is 2.83. The van der Waals surface area contributed by atoms with Crippen molar-refractivity contribution in [1.29, 1.82) is 5.26 Å². The first-order valence-electron chi connectivity index (χ1n) is 4.86. The zero-order valence-corrected chi connectivity index (χ0v) is 11.0. The number of nitriles is 1. The second-order valence-electron chi connectivity index (χ2n) is 3.32. The molecule has 0 spiro atoms. The van der Waals surface area contributed by atoms with Gasteiger partial charge in [-0.25, -0.2) is 8.78 Å². The summed E-state index contributed by atoms with van der Waals surface area (Å²) in [4.78, 5) is 15.0. The van der Waals surface area contributed by atoms with Gasteiger partial charge < -0.3 is 4.74 Å². The number of nitrogens with zero attached hydrogens (tertiary/aromatic N) is 2. The van der Waals surface area contributed by atoms with Gasteiger partial charge in [0.25, 0.3) is 6.43 Å². The summed E-state index contributed by atoms with van der Waals surface area (Å²) < 4.78 is 30.4. The number of esters is 1. The van der Waals surface area contributed by atoms with Crippen LogP contribution in [0.5, 0.6) is 0 Å². The summed E-state index contributed by atoms with van der Waals surface area (Å²) in [6.45, 7) is 0. The number of halogens is 3. The van der Waals surface area contributed by atoms with Crippen molar-refractivity contribution in [3.63, 3.8) is 0 Å². The average Bonchev–Trinajstić information content (AvgIpc) is 2.37. The molecule has 0 aliphatic carbocycles. The number of methoxy groups -OCH3 is 1. The number of alkyl halides is 3. The third-order valence-electron chi connectivity index (χ3n) is 2.30. The van der Waals surface area contributed by atoms with Gasteiger partial charge in [-0.1, -0.05) is 15.9 Å². The number of ether oxygens (including phenoxy) is 1. The standard InChI is InChI=1S/C11H9BrF2N2O2/c1-18-9(17)2-6-5-16-8(3-12)7(4-15)10(6)11(13)14/h5,11H,2-3H2,1H3. The molecule has 0 saturated heterocycles. The van der Waals surface area contributed by atoms with Gasteiger partial charge in [-0.3, -0.25) is 9.78 Å². The number of aromatic nitrogens is 1. The van der Waals surface area contributed by atoms with Crippen molar-refractivity contribution in [2.45, 2.75) is 18.2 Å². The zero-order valence-electron chi connectivity index (χ0n) is 9.41. The van der Waals surface area contributed by atoms with E-state index in [0.717, 1.165) is 7.11 Å². The van der Waals surface area contributed by atoms with Crippen LogP contribution in [0.4, 0.5) is 8.78 Å². The average molecular weight is 319 g/mol. The molecular formula is C11H9BrF2N2O2. The van der Waals surface area contributed by atoms with Crippen LogP contribution in [-0.2, 0) is 21.3 Å². The molecule has 1 rings (SSSR count). The van der Waals surface area contributed by atoms with E-state index in [1.807, 2.05) is 0 Å². The Morgan fingerprint density at radius 1 is 1.67 bits per heavy atom. The van der Waals surface area contributed by atoms with Crippen LogP contribution in [0.3, 0.4) is 0 Å². The van der Waals surface area contributed by atoms with Crippen molar-refractivity contribution in [2.24, 2.45) is 0 Å². The largest absolute Gasteiger partial charge is 0.469 e. The topological polar surface area (TPSA) is 63.0 Å². The van der Waals surface area contributed by atoms with Gasteiger partial charge in [0.05, 0.1) is 24.8 Å². The van der Waals surface area contributed by atoms with Gasteiger partial charge >= 0.3 is 5.97 Å². The van der Waals surface area contributed by atoms with Gasteiger partial charge in [0.15, 0.2) is 0 Å². The maximum Gasteiger partial charge on any atom is 0.310 e. The van der Waals surface area contributed by atoms with Crippen molar-refractivity contribution in [2.75, 3.05) is 7.11 Å². The van der Waals surface area contributed by atoms with Crippen LogP contribution >= 0.6 is 15.9 Å². The van der Waals surface area contributed by atoms with E-state index >= 15 is 0 Å². The molecule has 0 fully saturated rings. The molecule has 0 saturated carbocycles. The molecular weight excluding hydrogens is 310 g/mol. The number of carbonyl (C=O) groups excluding carboxylic acids is 1. The summed E-state index contributed by atoms with van der Waals surface area (Å²) in [6.07, 6.45) is -2.00. The van der Waals surface area contributed by atoms with Crippen molar-refractivity contribution in [1.82, 2.24) is 4.98 Å². The minimum absolute atomic E-state index is 0.0121. The monoisotopic (exact) mass is 318 g/mol. The summed E-state index contributed by atoms with van der Waals surface area (Å²) in [6, 6.07) is 1.70. The number of hydrogen-bond donors (Lipinski definition) is 0.